The Hall–Kier alpha value is -2.86. The van der Waals surface area contributed by atoms with Crippen LogP contribution in [0.15, 0.2) is 70.9 Å². The first-order valence-electron chi connectivity index (χ1n) is 7.79. The quantitative estimate of drug-likeness (QED) is 0.677. The molecule has 1 aliphatic heterocycles. The van der Waals surface area contributed by atoms with Crippen molar-refractivity contribution in [3.05, 3.63) is 77.1 Å². The lowest BCUT2D eigenvalue weighted by atomic mass is 10.1. The molecule has 0 unspecified atom stereocenters. The zero-order chi connectivity index (χ0) is 17.8. The van der Waals surface area contributed by atoms with Gasteiger partial charge in [0.1, 0.15) is 0 Å². The molecule has 2 aromatic carbocycles. The van der Waals surface area contributed by atoms with Crippen molar-refractivity contribution in [1.29, 1.82) is 0 Å². The summed E-state index contributed by atoms with van der Waals surface area (Å²) in [6, 6.07) is 15.4. The van der Waals surface area contributed by atoms with E-state index in [1.54, 1.807) is 49.5 Å². The van der Waals surface area contributed by atoms with Crippen LogP contribution in [0.2, 0.25) is 0 Å². The maximum atomic E-state index is 13.0. The number of hydrogen-bond acceptors (Lipinski definition) is 3. The maximum Gasteiger partial charge on any atom is 0.265 e. The van der Waals surface area contributed by atoms with Crippen molar-refractivity contribution < 1.29 is 8.42 Å². The number of fused-ring (bicyclic) bond motifs is 2. The van der Waals surface area contributed by atoms with E-state index >= 15 is 0 Å². The Balaban J connectivity index is 1.91. The van der Waals surface area contributed by atoms with Crippen molar-refractivity contribution in [1.82, 2.24) is 4.57 Å². The van der Waals surface area contributed by atoms with E-state index in [2.05, 4.69) is 6.58 Å². The van der Waals surface area contributed by atoms with Gasteiger partial charge in [0.15, 0.2) is 0 Å². The number of anilines is 1. The standard InChI is InChI=1S/C19H16N2O3S/c1-13-12-21(25(23,24)18-6-4-3-5-16(13)18)15-8-9-17-14(11-15)7-10-19(22)20(17)2/h3-11H,1,12H2,2H3. The molecule has 4 rings (SSSR count). The van der Waals surface area contributed by atoms with Gasteiger partial charge in [-0.2, -0.15) is 0 Å². The topological polar surface area (TPSA) is 59.4 Å². The first kappa shape index (κ1) is 15.7. The Bertz CT molecular complexity index is 1190. The van der Waals surface area contributed by atoms with Crippen molar-refractivity contribution in [2.75, 3.05) is 10.8 Å². The summed E-state index contributed by atoms with van der Waals surface area (Å²) >= 11 is 0. The average Bonchev–Trinajstić information content (AvgIpc) is 2.61. The highest BCUT2D eigenvalue weighted by Crippen LogP contribution is 2.36. The van der Waals surface area contributed by atoms with Gasteiger partial charge in [0.25, 0.3) is 15.6 Å². The van der Waals surface area contributed by atoms with Gasteiger partial charge in [-0.1, -0.05) is 24.8 Å². The zero-order valence-corrected chi connectivity index (χ0v) is 14.5. The van der Waals surface area contributed by atoms with Crippen LogP contribution in [0.25, 0.3) is 16.5 Å². The lowest BCUT2D eigenvalue weighted by Gasteiger charge is -2.31. The fraction of sp³-hybridized carbons (Fsp3) is 0.105. The van der Waals surface area contributed by atoms with E-state index in [4.69, 9.17) is 0 Å². The molecule has 0 bridgehead atoms. The molecule has 3 aromatic rings. The highest BCUT2D eigenvalue weighted by Gasteiger charge is 2.33. The van der Waals surface area contributed by atoms with Crippen LogP contribution in [0.4, 0.5) is 5.69 Å². The van der Waals surface area contributed by atoms with Crippen LogP contribution in [0.1, 0.15) is 5.56 Å². The van der Waals surface area contributed by atoms with E-state index in [0.29, 0.717) is 11.3 Å². The van der Waals surface area contributed by atoms with Gasteiger partial charge < -0.3 is 4.57 Å². The fourth-order valence-corrected chi connectivity index (χ4v) is 4.90. The zero-order valence-electron chi connectivity index (χ0n) is 13.6. The average molecular weight is 352 g/mol. The van der Waals surface area contributed by atoms with E-state index in [-0.39, 0.29) is 17.0 Å². The smallest absolute Gasteiger partial charge is 0.265 e. The van der Waals surface area contributed by atoms with Crippen LogP contribution in [-0.2, 0) is 17.1 Å². The predicted octanol–water partition coefficient (Wildman–Crippen LogP) is 2.76. The van der Waals surface area contributed by atoms with Crippen LogP contribution < -0.4 is 9.86 Å². The number of hydrogen-bond donors (Lipinski definition) is 0. The van der Waals surface area contributed by atoms with Gasteiger partial charge in [0, 0.05) is 18.5 Å². The third kappa shape index (κ3) is 2.29. The minimum absolute atomic E-state index is 0.104. The minimum atomic E-state index is -3.65. The highest BCUT2D eigenvalue weighted by molar-refractivity contribution is 7.93. The molecule has 1 aromatic heterocycles. The first-order chi connectivity index (χ1) is 11.9. The molecule has 126 valence electrons. The van der Waals surface area contributed by atoms with Crippen molar-refractivity contribution in [3.8, 4) is 0 Å². The van der Waals surface area contributed by atoms with Crippen molar-refractivity contribution >= 4 is 32.2 Å². The molecule has 0 spiro atoms. The molecule has 2 heterocycles. The van der Waals surface area contributed by atoms with Gasteiger partial charge in [0.2, 0.25) is 0 Å². The van der Waals surface area contributed by atoms with Crippen LogP contribution >= 0.6 is 0 Å². The van der Waals surface area contributed by atoms with E-state index in [0.717, 1.165) is 16.5 Å². The third-order valence-electron chi connectivity index (χ3n) is 4.57. The second-order valence-corrected chi connectivity index (χ2v) is 7.92. The van der Waals surface area contributed by atoms with Crippen LogP contribution in [0, 0.1) is 0 Å². The lowest BCUT2D eigenvalue weighted by molar-refractivity contribution is 0.591. The molecule has 0 aliphatic carbocycles. The summed E-state index contributed by atoms with van der Waals surface area (Å²) in [5.74, 6) is 0. The van der Waals surface area contributed by atoms with Crippen molar-refractivity contribution in [2.24, 2.45) is 7.05 Å². The summed E-state index contributed by atoms with van der Waals surface area (Å²) in [6.07, 6.45) is 0. The molecular formula is C19H16N2O3S. The molecule has 0 radical (unpaired) electrons. The van der Waals surface area contributed by atoms with Crippen LogP contribution in [0.5, 0.6) is 0 Å². The first-order valence-corrected chi connectivity index (χ1v) is 9.23. The van der Waals surface area contributed by atoms with Crippen molar-refractivity contribution in [3.63, 3.8) is 0 Å². The summed E-state index contributed by atoms with van der Waals surface area (Å²) in [5.41, 5.74) is 2.63. The predicted molar refractivity (Wildman–Crippen MR) is 99.2 cm³/mol. The van der Waals surface area contributed by atoms with E-state index < -0.39 is 10.0 Å². The van der Waals surface area contributed by atoms with Gasteiger partial charge in [-0.05, 0) is 41.5 Å². The number of aromatic nitrogens is 1. The third-order valence-corrected chi connectivity index (χ3v) is 6.40. The van der Waals surface area contributed by atoms with E-state index in [1.165, 1.54) is 14.9 Å². The molecule has 0 saturated carbocycles. The molecule has 0 saturated heterocycles. The van der Waals surface area contributed by atoms with Crippen LogP contribution in [0.3, 0.4) is 0 Å². The number of pyridine rings is 1. The Morgan fingerprint density at radius 3 is 2.60 bits per heavy atom. The number of sulfonamides is 1. The number of nitrogens with zero attached hydrogens (tertiary/aromatic N) is 2. The van der Waals surface area contributed by atoms with Crippen LogP contribution in [-0.4, -0.2) is 19.5 Å². The fourth-order valence-electron chi connectivity index (χ4n) is 3.20. The Kier molecular flexibility index (Phi) is 3.33. The van der Waals surface area contributed by atoms with Gasteiger partial charge in [-0.15, -0.1) is 0 Å². The second kappa shape index (κ2) is 5.32. The van der Waals surface area contributed by atoms with Crippen molar-refractivity contribution in [2.45, 2.75) is 4.90 Å². The number of benzene rings is 2. The second-order valence-electron chi connectivity index (χ2n) is 6.09. The lowest BCUT2D eigenvalue weighted by Crippen LogP contribution is -2.36. The Morgan fingerprint density at radius 2 is 1.80 bits per heavy atom. The molecule has 0 amide bonds. The van der Waals surface area contributed by atoms with Gasteiger partial charge in [0.05, 0.1) is 22.6 Å². The molecule has 0 atom stereocenters. The molecule has 1 aliphatic rings. The van der Waals surface area contributed by atoms with E-state index in [1.807, 2.05) is 6.07 Å². The summed E-state index contributed by atoms with van der Waals surface area (Å²) in [6.45, 7) is 4.24. The van der Waals surface area contributed by atoms with Gasteiger partial charge in [-0.25, -0.2) is 8.42 Å². The summed E-state index contributed by atoms with van der Waals surface area (Å²) in [5, 5.41) is 0.805. The summed E-state index contributed by atoms with van der Waals surface area (Å²) < 4.78 is 29.0. The molecule has 5 nitrogen and oxygen atoms in total. The van der Waals surface area contributed by atoms with Gasteiger partial charge in [-0.3, -0.25) is 9.10 Å². The number of rotatable bonds is 1. The molecule has 0 fully saturated rings. The Morgan fingerprint density at radius 1 is 1.04 bits per heavy atom. The SMILES string of the molecule is C=C1CN(c2ccc3c(ccc(=O)n3C)c2)S(=O)(=O)c2ccccc21. The number of aryl methyl sites for hydroxylation is 1. The molecule has 0 N–H and O–H groups in total. The monoisotopic (exact) mass is 352 g/mol. The summed E-state index contributed by atoms with van der Waals surface area (Å²) in [7, 11) is -1.96. The maximum absolute atomic E-state index is 13.0. The van der Waals surface area contributed by atoms with E-state index in [9.17, 15) is 13.2 Å². The molecule has 25 heavy (non-hydrogen) atoms. The highest BCUT2D eigenvalue weighted by atomic mass is 32.2. The summed E-state index contributed by atoms with van der Waals surface area (Å²) in [4.78, 5) is 12.0. The largest absolute Gasteiger partial charge is 0.311 e. The normalized spacial score (nSPS) is 16.0. The van der Waals surface area contributed by atoms with Gasteiger partial charge >= 0.3 is 0 Å². The molecule has 6 heteroatoms. The minimum Gasteiger partial charge on any atom is -0.311 e. The Labute approximate surface area is 145 Å². The molecular weight excluding hydrogens is 336 g/mol.